The Morgan fingerprint density at radius 3 is 2.77 bits per heavy atom. The Labute approximate surface area is 84.0 Å². The molecule has 0 aliphatic carbocycles. The second-order valence-corrected chi connectivity index (χ2v) is 3.22. The van der Waals surface area contributed by atoms with E-state index in [0.717, 1.165) is 10.2 Å². The molecule has 0 aliphatic heterocycles. The summed E-state index contributed by atoms with van der Waals surface area (Å²) in [5.41, 5.74) is 2.35. The standard InChI is InChI=1S/C8H9BrN2O2/c9-6-3-1-2-4-7(6)10-5-8(12)11-13/h1-4,10,13H,5H2,(H,11,12). The minimum absolute atomic E-state index is 0.0408. The van der Waals surface area contributed by atoms with Crippen molar-refractivity contribution in [3.63, 3.8) is 0 Å². The average Bonchev–Trinajstić information content (AvgIpc) is 2.16. The number of hydroxylamine groups is 1. The fourth-order valence-corrected chi connectivity index (χ4v) is 1.24. The van der Waals surface area contributed by atoms with Gasteiger partial charge in [0, 0.05) is 10.2 Å². The number of hydrogen-bond acceptors (Lipinski definition) is 3. The Morgan fingerprint density at radius 2 is 2.15 bits per heavy atom. The normalized spacial score (nSPS) is 9.38. The zero-order valence-corrected chi connectivity index (χ0v) is 8.34. The van der Waals surface area contributed by atoms with E-state index in [2.05, 4.69) is 21.2 Å². The van der Waals surface area contributed by atoms with E-state index < -0.39 is 5.91 Å². The maximum atomic E-state index is 10.7. The van der Waals surface area contributed by atoms with Crippen molar-refractivity contribution < 1.29 is 10.0 Å². The minimum Gasteiger partial charge on any atom is -0.375 e. The van der Waals surface area contributed by atoms with Crippen LogP contribution < -0.4 is 10.8 Å². The van der Waals surface area contributed by atoms with Crippen LogP contribution in [0.3, 0.4) is 0 Å². The number of para-hydroxylation sites is 1. The Bertz CT molecular complexity index is 304. The van der Waals surface area contributed by atoms with E-state index in [4.69, 9.17) is 5.21 Å². The first-order chi connectivity index (χ1) is 6.24. The van der Waals surface area contributed by atoms with Gasteiger partial charge in [-0.1, -0.05) is 12.1 Å². The molecule has 0 aliphatic rings. The summed E-state index contributed by atoms with van der Waals surface area (Å²) < 4.78 is 0.876. The number of nitrogens with one attached hydrogen (secondary N) is 2. The minimum atomic E-state index is -0.476. The highest BCUT2D eigenvalue weighted by atomic mass is 79.9. The number of rotatable bonds is 3. The largest absolute Gasteiger partial charge is 0.375 e. The molecule has 0 radical (unpaired) electrons. The van der Waals surface area contributed by atoms with Gasteiger partial charge in [0.05, 0.1) is 6.54 Å². The SMILES string of the molecule is O=C(CNc1ccccc1Br)NO. The molecular weight excluding hydrogens is 236 g/mol. The maximum Gasteiger partial charge on any atom is 0.262 e. The highest BCUT2D eigenvalue weighted by Crippen LogP contribution is 2.20. The van der Waals surface area contributed by atoms with Gasteiger partial charge in [-0.25, -0.2) is 5.48 Å². The lowest BCUT2D eigenvalue weighted by atomic mass is 10.3. The molecular formula is C8H9BrN2O2. The van der Waals surface area contributed by atoms with Crippen molar-refractivity contribution in [3.05, 3.63) is 28.7 Å². The van der Waals surface area contributed by atoms with E-state index in [0.29, 0.717) is 0 Å². The van der Waals surface area contributed by atoms with E-state index in [-0.39, 0.29) is 6.54 Å². The summed E-state index contributed by atoms with van der Waals surface area (Å²) in [5.74, 6) is -0.476. The van der Waals surface area contributed by atoms with Gasteiger partial charge in [-0.15, -0.1) is 0 Å². The second kappa shape index (κ2) is 4.84. The quantitative estimate of drug-likeness (QED) is 0.556. The van der Waals surface area contributed by atoms with Gasteiger partial charge in [0.2, 0.25) is 0 Å². The number of anilines is 1. The number of hydrogen-bond donors (Lipinski definition) is 3. The van der Waals surface area contributed by atoms with Gasteiger partial charge in [0.25, 0.3) is 5.91 Å². The lowest BCUT2D eigenvalue weighted by molar-refractivity contribution is -0.127. The van der Waals surface area contributed by atoms with Crippen molar-refractivity contribution in [2.24, 2.45) is 0 Å². The van der Waals surface area contributed by atoms with Crippen molar-refractivity contribution in [2.45, 2.75) is 0 Å². The van der Waals surface area contributed by atoms with Gasteiger partial charge in [-0.3, -0.25) is 10.0 Å². The lowest BCUT2D eigenvalue weighted by Crippen LogP contribution is -2.26. The maximum absolute atomic E-state index is 10.7. The molecule has 1 aromatic carbocycles. The van der Waals surface area contributed by atoms with Gasteiger partial charge in [0.15, 0.2) is 0 Å². The summed E-state index contributed by atoms with van der Waals surface area (Å²) in [6.07, 6.45) is 0. The van der Waals surface area contributed by atoms with Crippen LogP contribution >= 0.6 is 15.9 Å². The van der Waals surface area contributed by atoms with Crippen molar-refractivity contribution in [3.8, 4) is 0 Å². The van der Waals surface area contributed by atoms with Crippen molar-refractivity contribution in [1.29, 1.82) is 0 Å². The monoisotopic (exact) mass is 244 g/mol. The summed E-state index contributed by atoms with van der Waals surface area (Å²) in [7, 11) is 0. The van der Waals surface area contributed by atoms with Crippen LogP contribution in [0.4, 0.5) is 5.69 Å². The number of benzene rings is 1. The molecule has 0 heterocycles. The van der Waals surface area contributed by atoms with Gasteiger partial charge in [-0.2, -0.15) is 0 Å². The molecule has 1 rings (SSSR count). The number of carbonyl (C=O) groups excluding carboxylic acids is 1. The Balaban J connectivity index is 2.54. The van der Waals surface area contributed by atoms with E-state index in [1.807, 2.05) is 24.3 Å². The van der Waals surface area contributed by atoms with Gasteiger partial charge >= 0.3 is 0 Å². The van der Waals surface area contributed by atoms with Crippen molar-refractivity contribution >= 4 is 27.5 Å². The third-order valence-corrected chi connectivity index (χ3v) is 2.13. The Hall–Kier alpha value is -1.07. The highest BCUT2D eigenvalue weighted by molar-refractivity contribution is 9.10. The van der Waals surface area contributed by atoms with Crippen LogP contribution in [0.2, 0.25) is 0 Å². The fraction of sp³-hybridized carbons (Fsp3) is 0.125. The summed E-state index contributed by atoms with van der Waals surface area (Å²) in [6.45, 7) is 0.0408. The third kappa shape index (κ3) is 3.04. The first kappa shape index (κ1) is 10.0. The fourth-order valence-electron chi connectivity index (χ4n) is 0.820. The predicted octanol–water partition coefficient (Wildman–Crippen LogP) is 1.37. The number of carbonyl (C=O) groups is 1. The van der Waals surface area contributed by atoms with Crippen LogP contribution in [0, 0.1) is 0 Å². The molecule has 0 atom stereocenters. The van der Waals surface area contributed by atoms with E-state index in [1.54, 1.807) is 0 Å². The molecule has 1 aromatic rings. The molecule has 3 N–H and O–H groups in total. The Morgan fingerprint density at radius 1 is 1.46 bits per heavy atom. The van der Waals surface area contributed by atoms with Crippen molar-refractivity contribution in [2.75, 3.05) is 11.9 Å². The van der Waals surface area contributed by atoms with Crippen LogP contribution in [0.25, 0.3) is 0 Å². The third-order valence-electron chi connectivity index (χ3n) is 1.44. The van der Waals surface area contributed by atoms with E-state index >= 15 is 0 Å². The first-order valence-electron chi connectivity index (χ1n) is 3.65. The molecule has 4 nitrogen and oxygen atoms in total. The van der Waals surface area contributed by atoms with E-state index in [9.17, 15) is 4.79 Å². The zero-order chi connectivity index (χ0) is 9.68. The van der Waals surface area contributed by atoms with Crippen LogP contribution in [0.15, 0.2) is 28.7 Å². The summed E-state index contributed by atoms with van der Waals surface area (Å²) in [6, 6.07) is 7.42. The molecule has 0 spiro atoms. The molecule has 0 unspecified atom stereocenters. The topological polar surface area (TPSA) is 61.4 Å². The summed E-state index contributed by atoms with van der Waals surface area (Å²) >= 11 is 3.31. The lowest BCUT2D eigenvalue weighted by Gasteiger charge is -2.06. The summed E-state index contributed by atoms with van der Waals surface area (Å²) in [4.78, 5) is 10.7. The zero-order valence-electron chi connectivity index (χ0n) is 6.75. The molecule has 0 aromatic heterocycles. The number of halogens is 1. The molecule has 0 fully saturated rings. The molecule has 0 saturated heterocycles. The highest BCUT2D eigenvalue weighted by Gasteiger charge is 2.00. The van der Waals surface area contributed by atoms with Crippen LogP contribution in [0.1, 0.15) is 0 Å². The molecule has 1 amide bonds. The first-order valence-corrected chi connectivity index (χ1v) is 4.44. The molecule has 0 bridgehead atoms. The van der Waals surface area contributed by atoms with Gasteiger partial charge in [-0.05, 0) is 28.1 Å². The van der Waals surface area contributed by atoms with E-state index in [1.165, 1.54) is 5.48 Å². The molecule has 70 valence electrons. The number of amides is 1. The second-order valence-electron chi connectivity index (χ2n) is 2.37. The summed E-state index contributed by atoms with van der Waals surface area (Å²) in [5, 5.41) is 11.1. The average molecular weight is 245 g/mol. The Kier molecular flexibility index (Phi) is 3.72. The smallest absolute Gasteiger partial charge is 0.262 e. The van der Waals surface area contributed by atoms with Crippen LogP contribution in [-0.2, 0) is 4.79 Å². The molecule has 5 heteroatoms. The molecule has 0 saturated carbocycles. The van der Waals surface area contributed by atoms with Crippen LogP contribution in [0.5, 0.6) is 0 Å². The van der Waals surface area contributed by atoms with Crippen molar-refractivity contribution in [1.82, 2.24) is 5.48 Å². The predicted molar refractivity (Wildman–Crippen MR) is 52.6 cm³/mol. The molecule has 13 heavy (non-hydrogen) atoms. The van der Waals surface area contributed by atoms with Gasteiger partial charge in [0.1, 0.15) is 0 Å². The van der Waals surface area contributed by atoms with Gasteiger partial charge < -0.3 is 5.32 Å². The van der Waals surface area contributed by atoms with Crippen LogP contribution in [-0.4, -0.2) is 17.7 Å².